The summed E-state index contributed by atoms with van der Waals surface area (Å²) in [5.74, 6) is 0.215. The standard InChI is InChI=1S/C18H24N2O/c1-2-3-6-14-8-10-15(11-9-14)18(21)16(13-19)17-7-4-5-12-20-17/h4-5,7,12,14-16H,2-3,6,8-11H2,1H3. The minimum atomic E-state index is -0.691. The zero-order valence-electron chi connectivity index (χ0n) is 12.8. The highest BCUT2D eigenvalue weighted by Gasteiger charge is 2.32. The molecule has 0 bridgehead atoms. The van der Waals surface area contributed by atoms with E-state index < -0.39 is 5.92 Å². The van der Waals surface area contributed by atoms with Crippen molar-refractivity contribution in [3.63, 3.8) is 0 Å². The van der Waals surface area contributed by atoms with E-state index in [2.05, 4.69) is 18.0 Å². The lowest BCUT2D eigenvalue weighted by Crippen LogP contribution is -2.26. The highest BCUT2D eigenvalue weighted by molar-refractivity contribution is 5.90. The van der Waals surface area contributed by atoms with Crippen LogP contribution in [0, 0.1) is 23.2 Å². The van der Waals surface area contributed by atoms with Crippen LogP contribution in [0.5, 0.6) is 0 Å². The molecule has 112 valence electrons. The van der Waals surface area contributed by atoms with Gasteiger partial charge in [0.25, 0.3) is 0 Å². The fraction of sp³-hybridized carbons (Fsp3) is 0.611. The topological polar surface area (TPSA) is 53.8 Å². The van der Waals surface area contributed by atoms with E-state index in [0.717, 1.165) is 31.6 Å². The summed E-state index contributed by atoms with van der Waals surface area (Å²) in [5, 5.41) is 9.34. The Labute approximate surface area is 127 Å². The third kappa shape index (κ3) is 4.14. The molecule has 1 aromatic heterocycles. The molecule has 21 heavy (non-hydrogen) atoms. The van der Waals surface area contributed by atoms with E-state index >= 15 is 0 Å². The SMILES string of the molecule is CCCCC1CCC(C(=O)C(C#N)c2ccccn2)CC1. The van der Waals surface area contributed by atoms with Crippen LogP contribution < -0.4 is 0 Å². The lowest BCUT2D eigenvalue weighted by atomic mass is 9.75. The van der Waals surface area contributed by atoms with Gasteiger partial charge in [0.2, 0.25) is 0 Å². The molecule has 1 aliphatic rings. The van der Waals surface area contributed by atoms with Crippen LogP contribution in [-0.4, -0.2) is 10.8 Å². The molecule has 1 atom stereocenters. The summed E-state index contributed by atoms with van der Waals surface area (Å²) in [6, 6.07) is 7.57. The van der Waals surface area contributed by atoms with Crippen LogP contribution >= 0.6 is 0 Å². The fourth-order valence-electron chi connectivity index (χ4n) is 3.29. The normalized spacial score (nSPS) is 23.2. The molecule has 0 N–H and O–H groups in total. The summed E-state index contributed by atoms with van der Waals surface area (Å²) in [6.45, 7) is 2.22. The molecule has 0 aromatic carbocycles. The van der Waals surface area contributed by atoms with Crippen molar-refractivity contribution in [2.45, 2.75) is 57.8 Å². The number of carbonyl (C=O) groups excluding carboxylic acids is 1. The van der Waals surface area contributed by atoms with Gasteiger partial charge in [0.1, 0.15) is 5.92 Å². The van der Waals surface area contributed by atoms with E-state index in [0.29, 0.717) is 5.69 Å². The number of unbranched alkanes of at least 4 members (excludes halogenated alkanes) is 1. The van der Waals surface area contributed by atoms with Crippen LogP contribution in [0.3, 0.4) is 0 Å². The Morgan fingerprint density at radius 1 is 1.38 bits per heavy atom. The minimum absolute atomic E-state index is 0.0505. The summed E-state index contributed by atoms with van der Waals surface area (Å²) in [6.07, 6.45) is 9.63. The molecule has 0 aliphatic heterocycles. The van der Waals surface area contributed by atoms with Gasteiger partial charge >= 0.3 is 0 Å². The monoisotopic (exact) mass is 284 g/mol. The average Bonchev–Trinajstić information content (AvgIpc) is 2.55. The number of pyridine rings is 1. The molecule has 2 rings (SSSR count). The number of nitriles is 1. The molecule has 1 unspecified atom stereocenters. The molecule has 1 saturated carbocycles. The number of carbonyl (C=O) groups is 1. The summed E-state index contributed by atoms with van der Waals surface area (Å²) in [7, 11) is 0. The van der Waals surface area contributed by atoms with Crippen molar-refractivity contribution in [1.82, 2.24) is 4.98 Å². The van der Waals surface area contributed by atoms with Crippen LogP contribution in [0.25, 0.3) is 0 Å². The Morgan fingerprint density at radius 2 is 2.14 bits per heavy atom. The van der Waals surface area contributed by atoms with Crippen molar-refractivity contribution in [3.05, 3.63) is 30.1 Å². The van der Waals surface area contributed by atoms with E-state index in [1.54, 1.807) is 18.3 Å². The van der Waals surface area contributed by atoms with Gasteiger partial charge in [0.15, 0.2) is 5.78 Å². The molecule has 0 spiro atoms. The molecule has 1 heterocycles. The number of aromatic nitrogens is 1. The Morgan fingerprint density at radius 3 is 2.71 bits per heavy atom. The fourth-order valence-corrected chi connectivity index (χ4v) is 3.29. The van der Waals surface area contributed by atoms with E-state index in [1.807, 2.05) is 6.07 Å². The van der Waals surface area contributed by atoms with Crippen LogP contribution in [-0.2, 0) is 4.79 Å². The first kappa shape index (κ1) is 15.7. The van der Waals surface area contributed by atoms with Crippen molar-refractivity contribution in [3.8, 4) is 6.07 Å². The van der Waals surface area contributed by atoms with Gasteiger partial charge in [-0.2, -0.15) is 5.26 Å². The molecule has 1 aromatic rings. The van der Waals surface area contributed by atoms with E-state index in [9.17, 15) is 10.1 Å². The second kappa shape index (κ2) is 7.93. The number of nitrogens with zero attached hydrogens (tertiary/aromatic N) is 2. The van der Waals surface area contributed by atoms with Crippen LogP contribution in [0.15, 0.2) is 24.4 Å². The van der Waals surface area contributed by atoms with Gasteiger partial charge < -0.3 is 0 Å². The third-order valence-electron chi connectivity index (χ3n) is 4.61. The highest BCUT2D eigenvalue weighted by Crippen LogP contribution is 2.34. The first-order valence-electron chi connectivity index (χ1n) is 8.10. The quantitative estimate of drug-likeness (QED) is 0.784. The molecule has 1 fully saturated rings. The molecule has 0 radical (unpaired) electrons. The smallest absolute Gasteiger partial charge is 0.159 e. The summed E-state index contributed by atoms with van der Waals surface area (Å²) in [5.41, 5.74) is 0.595. The predicted octanol–water partition coefficient (Wildman–Crippen LogP) is 4.25. The van der Waals surface area contributed by atoms with Gasteiger partial charge in [-0.25, -0.2) is 0 Å². The van der Waals surface area contributed by atoms with E-state index in [4.69, 9.17) is 0 Å². The number of hydrogen-bond donors (Lipinski definition) is 0. The number of rotatable bonds is 6. The Balaban J connectivity index is 1.93. The van der Waals surface area contributed by atoms with E-state index in [1.165, 1.54) is 19.3 Å². The molecular formula is C18H24N2O. The lowest BCUT2D eigenvalue weighted by molar-refractivity contribution is -0.124. The number of hydrogen-bond acceptors (Lipinski definition) is 3. The van der Waals surface area contributed by atoms with Crippen molar-refractivity contribution in [1.29, 1.82) is 5.26 Å². The predicted molar refractivity (Wildman–Crippen MR) is 82.6 cm³/mol. The van der Waals surface area contributed by atoms with E-state index in [-0.39, 0.29) is 11.7 Å². The lowest BCUT2D eigenvalue weighted by Gasteiger charge is -2.28. The summed E-state index contributed by atoms with van der Waals surface area (Å²) in [4.78, 5) is 16.8. The Bertz CT molecular complexity index is 484. The Kier molecular flexibility index (Phi) is 5.92. The second-order valence-corrected chi connectivity index (χ2v) is 6.08. The maximum Gasteiger partial charge on any atom is 0.159 e. The molecule has 1 aliphatic carbocycles. The molecule has 3 nitrogen and oxygen atoms in total. The largest absolute Gasteiger partial charge is 0.297 e. The van der Waals surface area contributed by atoms with Gasteiger partial charge in [-0.05, 0) is 43.7 Å². The van der Waals surface area contributed by atoms with Crippen molar-refractivity contribution >= 4 is 5.78 Å². The van der Waals surface area contributed by atoms with Crippen molar-refractivity contribution in [2.75, 3.05) is 0 Å². The molecule has 0 amide bonds. The van der Waals surface area contributed by atoms with Crippen molar-refractivity contribution in [2.24, 2.45) is 11.8 Å². The molecule has 0 saturated heterocycles. The zero-order chi connectivity index (χ0) is 15.1. The van der Waals surface area contributed by atoms with Gasteiger partial charge in [-0.3, -0.25) is 9.78 Å². The zero-order valence-corrected chi connectivity index (χ0v) is 12.8. The van der Waals surface area contributed by atoms with Gasteiger partial charge in [-0.1, -0.05) is 32.3 Å². The van der Waals surface area contributed by atoms with Gasteiger partial charge in [0.05, 0.1) is 11.8 Å². The van der Waals surface area contributed by atoms with Crippen LogP contribution in [0.1, 0.15) is 63.5 Å². The van der Waals surface area contributed by atoms with Crippen LogP contribution in [0.2, 0.25) is 0 Å². The molecular weight excluding hydrogens is 260 g/mol. The maximum atomic E-state index is 12.6. The summed E-state index contributed by atoms with van der Waals surface area (Å²) >= 11 is 0. The minimum Gasteiger partial charge on any atom is -0.297 e. The second-order valence-electron chi connectivity index (χ2n) is 6.08. The van der Waals surface area contributed by atoms with Crippen molar-refractivity contribution < 1.29 is 4.79 Å². The first-order chi connectivity index (χ1) is 10.3. The van der Waals surface area contributed by atoms with Crippen LogP contribution in [0.4, 0.5) is 0 Å². The average molecular weight is 284 g/mol. The third-order valence-corrected chi connectivity index (χ3v) is 4.61. The van der Waals surface area contributed by atoms with Gasteiger partial charge in [-0.15, -0.1) is 0 Å². The summed E-state index contributed by atoms with van der Waals surface area (Å²) < 4.78 is 0. The highest BCUT2D eigenvalue weighted by atomic mass is 16.1. The number of ketones is 1. The molecule has 3 heteroatoms. The number of Topliss-reactive ketones (excluding diaryl/α,β-unsaturated/α-hetero) is 1. The maximum absolute atomic E-state index is 12.6. The Hall–Kier alpha value is -1.69. The van der Waals surface area contributed by atoms with Gasteiger partial charge in [0, 0.05) is 12.1 Å². The first-order valence-corrected chi connectivity index (χ1v) is 8.10.